The Kier molecular flexibility index (Phi) is 6.95. The number of aryl methyl sites for hydroxylation is 1. The van der Waals surface area contributed by atoms with Crippen molar-refractivity contribution in [1.29, 1.82) is 0 Å². The summed E-state index contributed by atoms with van der Waals surface area (Å²) >= 11 is 3.21. The minimum Gasteiger partial charge on any atom is -0.377 e. The predicted molar refractivity (Wildman–Crippen MR) is 69.1 cm³/mol. The van der Waals surface area contributed by atoms with E-state index in [0.717, 1.165) is 35.4 Å². The van der Waals surface area contributed by atoms with Crippen LogP contribution in [-0.2, 0) is 11.2 Å². The van der Waals surface area contributed by atoms with Crippen molar-refractivity contribution in [2.45, 2.75) is 37.1 Å². The van der Waals surface area contributed by atoms with Crippen molar-refractivity contribution in [3.63, 3.8) is 0 Å². The van der Waals surface area contributed by atoms with Gasteiger partial charge in [0.05, 0.1) is 6.10 Å². The quantitative estimate of drug-likeness (QED) is 0.725. The van der Waals surface area contributed by atoms with Crippen LogP contribution >= 0.6 is 23.3 Å². The molecule has 0 aromatic carbocycles. The van der Waals surface area contributed by atoms with Crippen LogP contribution in [0.3, 0.4) is 0 Å². The summed E-state index contributed by atoms with van der Waals surface area (Å²) in [4.78, 5) is 4.40. The SMILES string of the molecule is CCOC(CN)CCSc1nc(CC)ns1. The molecule has 0 aliphatic carbocycles. The third-order valence-corrected chi connectivity index (χ3v) is 4.00. The summed E-state index contributed by atoms with van der Waals surface area (Å²) in [5.74, 6) is 1.92. The highest BCUT2D eigenvalue weighted by Crippen LogP contribution is 2.21. The lowest BCUT2D eigenvalue weighted by Crippen LogP contribution is -2.24. The number of nitrogens with zero attached hydrogens (tertiary/aromatic N) is 2. The maximum absolute atomic E-state index is 5.60. The van der Waals surface area contributed by atoms with E-state index < -0.39 is 0 Å². The van der Waals surface area contributed by atoms with Crippen LogP contribution in [0.5, 0.6) is 0 Å². The van der Waals surface area contributed by atoms with Crippen molar-refractivity contribution in [2.75, 3.05) is 18.9 Å². The maximum atomic E-state index is 5.60. The van der Waals surface area contributed by atoms with E-state index in [9.17, 15) is 0 Å². The second-order valence-electron chi connectivity index (χ2n) is 3.28. The molecule has 92 valence electrons. The minimum atomic E-state index is 0.177. The summed E-state index contributed by atoms with van der Waals surface area (Å²) in [5.41, 5.74) is 5.60. The second-order valence-corrected chi connectivity index (χ2v) is 5.37. The number of aromatic nitrogens is 2. The number of rotatable bonds is 8. The fourth-order valence-corrected chi connectivity index (χ4v) is 3.02. The fourth-order valence-electron chi connectivity index (χ4n) is 1.22. The average Bonchev–Trinajstić information content (AvgIpc) is 2.76. The lowest BCUT2D eigenvalue weighted by atomic mass is 10.3. The van der Waals surface area contributed by atoms with Crippen LogP contribution in [0.25, 0.3) is 0 Å². The first-order valence-electron chi connectivity index (χ1n) is 5.57. The zero-order chi connectivity index (χ0) is 11.8. The molecule has 1 aromatic rings. The maximum Gasteiger partial charge on any atom is 0.170 e. The van der Waals surface area contributed by atoms with Crippen LogP contribution in [0, 0.1) is 0 Å². The van der Waals surface area contributed by atoms with Gasteiger partial charge in [0.2, 0.25) is 0 Å². The third kappa shape index (κ3) is 4.78. The van der Waals surface area contributed by atoms with Gasteiger partial charge in [-0.1, -0.05) is 18.7 Å². The van der Waals surface area contributed by atoms with Crippen LogP contribution in [0.1, 0.15) is 26.1 Å². The van der Waals surface area contributed by atoms with Gasteiger partial charge in [0.25, 0.3) is 0 Å². The summed E-state index contributed by atoms with van der Waals surface area (Å²) in [6, 6.07) is 0. The van der Waals surface area contributed by atoms with Crippen LogP contribution in [0.2, 0.25) is 0 Å². The first-order chi connectivity index (χ1) is 7.80. The van der Waals surface area contributed by atoms with Crippen LogP contribution in [-0.4, -0.2) is 34.4 Å². The van der Waals surface area contributed by atoms with Gasteiger partial charge < -0.3 is 10.5 Å². The molecular weight excluding hydrogens is 242 g/mol. The Labute approximate surface area is 105 Å². The lowest BCUT2D eigenvalue weighted by Gasteiger charge is -2.13. The molecule has 0 bridgehead atoms. The summed E-state index contributed by atoms with van der Waals surface area (Å²) in [6.45, 7) is 5.38. The smallest absolute Gasteiger partial charge is 0.170 e. The van der Waals surface area contributed by atoms with Crippen molar-refractivity contribution in [1.82, 2.24) is 9.36 Å². The van der Waals surface area contributed by atoms with E-state index in [4.69, 9.17) is 10.5 Å². The van der Waals surface area contributed by atoms with Crippen LogP contribution in [0.4, 0.5) is 0 Å². The van der Waals surface area contributed by atoms with Gasteiger partial charge in [-0.25, -0.2) is 4.98 Å². The van der Waals surface area contributed by atoms with Gasteiger partial charge in [-0.2, -0.15) is 4.37 Å². The van der Waals surface area contributed by atoms with Crippen LogP contribution < -0.4 is 5.73 Å². The molecule has 0 radical (unpaired) electrons. The number of ether oxygens (including phenoxy) is 1. The van der Waals surface area contributed by atoms with Crippen molar-refractivity contribution in [3.05, 3.63) is 5.82 Å². The molecule has 1 atom stereocenters. The number of hydrogen-bond acceptors (Lipinski definition) is 6. The van der Waals surface area contributed by atoms with E-state index in [1.165, 1.54) is 11.5 Å². The summed E-state index contributed by atoms with van der Waals surface area (Å²) in [6.07, 6.45) is 2.05. The van der Waals surface area contributed by atoms with Crippen LogP contribution in [0.15, 0.2) is 4.34 Å². The standard InChI is InChI=1S/C10H19N3OS2/c1-3-9-12-10(16-13-9)15-6-5-8(7-11)14-4-2/h8H,3-7,11H2,1-2H3. The van der Waals surface area contributed by atoms with Gasteiger partial charge in [0.15, 0.2) is 4.34 Å². The monoisotopic (exact) mass is 261 g/mol. The van der Waals surface area contributed by atoms with E-state index in [1.54, 1.807) is 11.8 Å². The average molecular weight is 261 g/mol. The van der Waals surface area contributed by atoms with E-state index in [0.29, 0.717) is 6.54 Å². The van der Waals surface area contributed by atoms with E-state index in [1.807, 2.05) is 6.92 Å². The fraction of sp³-hybridized carbons (Fsp3) is 0.800. The highest BCUT2D eigenvalue weighted by molar-refractivity contribution is 8.00. The Morgan fingerprint density at radius 3 is 2.88 bits per heavy atom. The normalized spacial score (nSPS) is 12.9. The Hall–Kier alpha value is -0.170. The Morgan fingerprint density at radius 1 is 1.50 bits per heavy atom. The summed E-state index contributed by atoms with van der Waals surface area (Å²) in [5, 5.41) is 0. The molecule has 0 spiro atoms. The van der Waals surface area contributed by atoms with Gasteiger partial charge >= 0.3 is 0 Å². The third-order valence-electron chi connectivity index (χ3n) is 2.10. The largest absolute Gasteiger partial charge is 0.377 e. The predicted octanol–water partition coefficient (Wildman–Crippen LogP) is 1.95. The van der Waals surface area contributed by atoms with Crippen molar-refractivity contribution >= 4 is 23.3 Å². The van der Waals surface area contributed by atoms with E-state index in [2.05, 4.69) is 16.3 Å². The number of thioether (sulfide) groups is 1. The Balaban J connectivity index is 2.23. The van der Waals surface area contributed by atoms with E-state index in [-0.39, 0.29) is 6.10 Å². The van der Waals surface area contributed by atoms with Crippen molar-refractivity contribution in [2.24, 2.45) is 5.73 Å². The molecule has 16 heavy (non-hydrogen) atoms. The first-order valence-corrected chi connectivity index (χ1v) is 7.33. The topological polar surface area (TPSA) is 61.0 Å². The molecule has 0 fully saturated rings. The molecule has 0 aliphatic rings. The molecule has 0 saturated heterocycles. The highest BCUT2D eigenvalue weighted by Gasteiger charge is 2.08. The highest BCUT2D eigenvalue weighted by atomic mass is 32.2. The van der Waals surface area contributed by atoms with Crippen molar-refractivity contribution < 1.29 is 4.74 Å². The Morgan fingerprint density at radius 2 is 2.31 bits per heavy atom. The van der Waals surface area contributed by atoms with Gasteiger partial charge in [0.1, 0.15) is 5.82 Å². The molecule has 1 aromatic heterocycles. The second kappa shape index (κ2) is 8.00. The zero-order valence-corrected chi connectivity index (χ0v) is 11.4. The molecule has 2 N–H and O–H groups in total. The molecule has 0 aliphatic heterocycles. The van der Waals surface area contributed by atoms with Gasteiger partial charge in [-0.05, 0) is 24.9 Å². The lowest BCUT2D eigenvalue weighted by molar-refractivity contribution is 0.0674. The molecular formula is C10H19N3OS2. The zero-order valence-electron chi connectivity index (χ0n) is 9.81. The molecule has 1 rings (SSSR count). The molecule has 6 heteroatoms. The molecule has 0 saturated carbocycles. The summed E-state index contributed by atoms with van der Waals surface area (Å²) < 4.78 is 10.8. The van der Waals surface area contributed by atoms with Gasteiger partial charge in [0, 0.05) is 25.3 Å². The molecule has 4 nitrogen and oxygen atoms in total. The Bertz CT molecular complexity index is 293. The minimum absolute atomic E-state index is 0.177. The first kappa shape index (κ1) is 13.9. The number of nitrogens with two attached hydrogens (primary N) is 1. The van der Waals surface area contributed by atoms with Gasteiger partial charge in [-0.3, -0.25) is 0 Å². The van der Waals surface area contributed by atoms with E-state index >= 15 is 0 Å². The van der Waals surface area contributed by atoms with Gasteiger partial charge in [-0.15, -0.1) is 0 Å². The molecule has 1 heterocycles. The van der Waals surface area contributed by atoms with Crippen molar-refractivity contribution in [3.8, 4) is 0 Å². The summed E-state index contributed by atoms with van der Waals surface area (Å²) in [7, 11) is 0. The number of hydrogen-bond donors (Lipinski definition) is 1. The molecule has 0 amide bonds. The molecule has 1 unspecified atom stereocenters.